The van der Waals surface area contributed by atoms with Gasteiger partial charge in [0.25, 0.3) is 0 Å². The average Bonchev–Trinajstić information content (AvgIpc) is 3.66. The number of nitrogens with zero attached hydrogens (tertiary/aromatic N) is 7. The number of ether oxygens (including phenoxy) is 1. The van der Waals surface area contributed by atoms with E-state index in [2.05, 4.69) is 42.5 Å². The number of hydrogen-bond acceptors (Lipinski definition) is 8. The lowest BCUT2D eigenvalue weighted by Crippen LogP contribution is -2.39. The molecule has 1 saturated heterocycles. The molecule has 0 saturated carbocycles. The van der Waals surface area contributed by atoms with Crippen LogP contribution in [0.25, 0.3) is 44.5 Å². The predicted molar refractivity (Wildman–Crippen MR) is 167 cm³/mol. The standard InChI is InChI=1S/C33H31N9O2/c1-33(2,19-34)23-5-7-25(8-6-23)42-31-26-15-21(3-9-27(26)36-17-28(31)41-20-38-40-32(41)42)22-4-10-29(37-16-22)39-30(43)18-35-24-11-13-44-14-12-24/h3-10,15-17,20,24,35H,11-14,18H2,1-2H3,(H,37,39,43). The van der Waals surface area contributed by atoms with Crippen LogP contribution in [0, 0.1) is 11.3 Å². The highest BCUT2D eigenvalue weighted by Gasteiger charge is 2.22. The zero-order valence-corrected chi connectivity index (χ0v) is 24.5. The SMILES string of the molecule is CC(C)(C#N)c1ccc(-n2c3c4cc(-c5ccc(NC(=O)CNC6CCOCC6)nc5)ccc4ncc3n3cnnc23)cc1. The highest BCUT2D eigenvalue weighted by molar-refractivity contribution is 6.06. The molecule has 1 aliphatic heterocycles. The van der Waals surface area contributed by atoms with Crippen molar-refractivity contribution >= 4 is 39.4 Å². The third-order valence-electron chi connectivity index (χ3n) is 8.30. The summed E-state index contributed by atoms with van der Waals surface area (Å²) < 4.78 is 9.38. The van der Waals surface area contributed by atoms with Gasteiger partial charge >= 0.3 is 0 Å². The van der Waals surface area contributed by atoms with Crippen molar-refractivity contribution in [3.8, 4) is 22.9 Å². The Balaban J connectivity index is 1.21. The van der Waals surface area contributed by atoms with Crippen LogP contribution in [0.15, 0.2) is 73.3 Å². The van der Waals surface area contributed by atoms with Gasteiger partial charge in [0.2, 0.25) is 11.7 Å². The van der Waals surface area contributed by atoms with Crippen LogP contribution in [0.1, 0.15) is 32.3 Å². The van der Waals surface area contributed by atoms with Gasteiger partial charge in [-0.3, -0.25) is 18.7 Å². The predicted octanol–water partition coefficient (Wildman–Crippen LogP) is 4.79. The van der Waals surface area contributed by atoms with Gasteiger partial charge in [0.05, 0.1) is 40.8 Å². The van der Waals surface area contributed by atoms with E-state index in [0.29, 0.717) is 17.6 Å². The van der Waals surface area contributed by atoms with Gasteiger partial charge in [-0.2, -0.15) is 5.26 Å². The van der Waals surface area contributed by atoms with E-state index in [0.717, 1.165) is 70.4 Å². The smallest absolute Gasteiger partial charge is 0.241 e. The molecule has 1 aliphatic rings. The normalized spacial score (nSPS) is 14.3. The number of rotatable bonds is 7. The number of amides is 1. The molecule has 6 aromatic rings. The Kier molecular flexibility index (Phi) is 7.00. The van der Waals surface area contributed by atoms with Gasteiger partial charge in [0.1, 0.15) is 12.1 Å². The Morgan fingerprint density at radius 3 is 2.59 bits per heavy atom. The van der Waals surface area contributed by atoms with E-state index < -0.39 is 5.41 Å². The quantitative estimate of drug-likeness (QED) is 0.273. The first-order valence-corrected chi connectivity index (χ1v) is 14.6. The number of benzene rings is 2. The van der Waals surface area contributed by atoms with E-state index in [9.17, 15) is 10.1 Å². The molecule has 2 N–H and O–H groups in total. The molecule has 1 amide bonds. The highest BCUT2D eigenvalue weighted by Crippen LogP contribution is 2.33. The number of aromatic nitrogens is 6. The molecule has 5 heterocycles. The maximum Gasteiger partial charge on any atom is 0.241 e. The number of fused-ring (bicyclic) bond motifs is 5. The summed E-state index contributed by atoms with van der Waals surface area (Å²) in [5.41, 5.74) is 5.79. The van der Waals surface area contributed by atoms with Crippen LogP contribution in [0.3, 0.4) is 0 Å². The second-order valence-corrected chi connectivity index (χ2v) is 11.6. The molecule has 7 rings (SSSR count). The topological polar surface area (TPSA) is 135 Å². The molecule has 0 aliphatic carbocycles. The molecule has 0 unspecified atom stereocenters. The lowest BCUT2D eigenvalue weighted by atomic mass is 9.86. The Bertz CT molecular complexity index is 2030. The molecule has 44 heavy (non-hydrogen) atoms. The number of nitrogens with one attached hydrogen (secondary N) is 2. The van der Waals surface area contributed by atoms with Gasteiger partial charge in [-0.1, -0.05) is 18.2 Å². The highest BCUT2D eigenvalue weighted by atomic mass is 16.5. The molecule has 220 valence electrons. The van der Waals surface area contributed by atoms with E-state index in [1.807, 2.05) is 73.0 Å². The average molecular weight is 586 g/mol. The first-order valence-electron chi connectivity index (χ1n) is 14.6. The van der Waals surface area contributed by atoms with E-state index in [1.54, 1.807) is 12.5 Å². The van der Waals surface area contributed by atoms with Crippen LogP contribution in [-0.2, 0) is 14.9 Å². The van der Waals surface area contributed by atoms with Crippen LogP contribution >= 0.6 is 0 Å². The van der Waals surface area contributed by atoms with Crippen molar-refractivity contribution < 1.29 is 9.53 Å². The molecule has 0 atom stereocenters. The van der Waals surface area contributed by atoms with Crippen LogP contribution in [0.4, 0.5) is 5.82 Å². The van der Waals surface area contributed by atoms with E-state index in [1.165, 1.54) is 0 Å². The largest absolute Gasteiger partial charge is 0.381 e. The molecular weight excluding hydrogens is 554 g/mol. The number of imidazole rings is 1. The van der Waals surface area contributed by atoms with Crippen molar-refractivity contribution in [2.45, 2.75) is 38.1 Å². The van der Waals surface area contributed by atoms with Crippen molar-refractivity contribution in [1.29, 1.82) is 5.26 Å². The van der Waals surface area contributed by atoms with Crippen LogP contribution in [-0.4, -0.2) is 60.8 Å². The molecule has 0 spiro atoms. The lowest BCUT2D eigenvalue weighted by molar-refractivity contribution is -0.115. The second-order valence-electron chi connectivity index (χ2n) is 11.6. The molecule has 1 fully saturated rings. The maximum absolute atomic E-state index is 12.5. The van der Waals surface area contributed by atoms with Gasteiger partial charge in [-0.15, -0.1) is 10.2 Å². The minimum Gasteiger partial charge on any atom is -0.381 e. The van der Waals surface area contributed by atoms with Crippen molar-refractivity contribution in [2.24, 2.45) is 0 Å². The van der Waals surface area contributed by atoms with Gasteiger partial charge in [-0.25, -0.2) is 4.98 Å². The molecule has 11 nitrogen and oxygen atoms in total. The summed E-state index contributed by atoms with van der Waals surface area (Å²) in [6.45, 7) is 5.50. The van der Waals surface area contributed by atoms with Gasteiger partial charge in [0.15, 0.2) is 0 Å². The summed E-state index contributed by atoms with van der Waals surface area (Å²) in [6, 6.07) is 20.6. The van der Waals surface area contributed by atoms with Crippen molar-refractivity contribution in [2.75, 3.05) is 25.1 Å². The molecule has 0 radical (unpaired) electrons. The van der Waals surface area contributed by atoms with Crippen molar-refractivity contribution in [1.82, 2.24) is 34.4 Å². The van der Waals surface area contributed by atoms with E-state index >= 15 is 0 Å². The zero-order chi connectivity index (χ0) is 30.3. The molecule has 0 bridgehead atoms. The summed E-state index contributed by atoms with van der Waals surface area (Å²) in [4.78, 5) is 21.7. The maximum atomic E-state index is 12.5. The summed E-state index contributed by atoms with van der Waals surface area (Å²) in [6.07, 6.45) is 7.12. The Morgan fingerprint density at radius 2 is 1.84 bits per heavy atom. The van der Waals surface area contributed by atoms with E-state index in [-0.39, 0.29) is 12.5 Å². The minimum atomic E-state index is -0.596. The van der Waals surface area contributed by atoms with Gasteiger partial charge in [0, 0.05) is 42.1 Å². The number of carbonyl (C=O) groups is 1. The van der Waals surface area contributed by atoms with Crippen molar-refractivity contribution in [3.63, 3.8) is 0 Å². The number of pyridine rings is 2. The summed E-state index contributed by atoms with van der Waals surface area (Å²) in [5, 5.41) is 25.3. The first kappa shape index (κ1) is 27.6. The molecule has 11 heteroatoms. The number of hydrogen-bond donors (Lipinski definition) is 2. The number of anilines is 1. The Morgan fingerprint density at radius 1 is 1.05 bits per heavy atom. The fourth-order valence-electron chi connectivity index (χ4n) is 5.71. The first-order chi connectivity index (χ1) is 21.4. The van der Waals surface area contributed by atoms with Gasteiger partial charge < -0.3 is 15.4 Å². The van der Waals surface area contributed by atoms with Crippen LogP contribution in [0.2, 0.25) is 0 Å². The number of nitriles is 1. The fraction of sp³-hybridized carbons (Fsp3) is 0.273. The third-order valence-corrected chi connectivity index (χ3v) is 8.30. The molecule has 4 aromatic heterocycles. The van der Waals surface area contributed by atoms with Crippen molar-refractivity contribution in [3.05, 3.63) is 78.9 Å². The zero-order valence-electron chi connectivity index (χ0n) is 24.5. The van der Waals surface area contributed by atoms with Gasteiger partial charge in [-0.05, 0) is 74.2 Å². The van der Waals surface area contributed by atoms with Crippen LogP contribution < -0.4 is 10.6 Å². The second kappa shape index (κ2) is 11.1. The Hall–Kier alpha value is -5.18. The minimum absolute atomic E-state index is 0.125. The number of carbonyl (C=O) groups excluding carboxylic acids is 1. The summed E-state index contributed by atoms with van der Waals surface area (Å²) in [7, 11) is 0. The third kappa shape index (κ3) is 5.04. The van der Waals surface area contributed by atoms with Crippen LogP contribution in [0.5, 0.6) is 0 Å². The Labute approximate surface area is 253 Å². The summed E-state index contributed by atoms with van der Waals surface area (Å²) in [5.74, 6) is 1.04. The molecule has 2 aromatic carbocycles. The van der Waals surface area contributed by atoms with E-state index in [4.69, 9.17) is 9.72 Å². The summed E-state index contributed by atoms with van der Waals surface area (Å²) >= 11 is 0. The fourth-order valence-corrected chi connectivity index (χ4v) is 5.71. The molecular formula is C33H31N9O2. The lowest BCUT2D eigenvalue weighted by Gasteiger charge is -2.22. The monoisotopic (exact) mass is 585 g/mol.